The van der Waals surface area contributed by atoms with Gasteiger partial charge in [0.15, 0.2) is 0 Å². The van der Waals surface area contributed by atoms with Gasteiger partial charge >= 0.3 is 5.97 Å². The Kier molecular flexibility index (Phi) is 4.98. The highest BCUT2D eigenvalue weighted by Crippen LogP contribution is 2.48. The van der Waals surface area contributed by atoms with E-state index >= 15 is 0 Å². The van der Waals surface area contributed by atoms with E-state index in [0.717, 1.165) is 34.4 Å². The van der Waals surface area contributed by atoms with Crippen LogP contribution in [0.4, 0.5) is 5.69 Å². The normalized spacial score (nSPS) is 19.9. The van der Waals surface area contributed by atoms with Gasteiger partial charge in [-0.2, -0.15) is 0 Å². The Balaban J connectivity index is 1.68. The molecule has 0 bridgehead atoms. The summed E-state index contributed by atoms with van der Waals surface area (Å²) >= 11 is 6.15. The van der Waals surface area contributed by atoms with Crippen LogP contribution in [0.2, 0.25) is 5.02 Å². The first-order valence-electron chi connectivity index (χ1n) is 9.53. The largest absolute Gasteiger partial charge is 0.466 e. The van der Waals surface area contributed by atoms with Crippen molar-refractivity contribution in [2.45, 2.75) is 32.7 Å². The molecule has 2 aromatic carbocycles. The molecule has 2 unspecified atom stereocenters. The van der Waals surface area contributed by atoms with Gasteiger partial charge in [0.05, 0.1) is 24.8 Å². The first kappa shape index (κ1) is 18.8. The molecule has 0 spiro atoms. The molecule has 2 atom stereocenters. The van der Waals surface area contributed by atoms with Crippen LogP contribution in [0.3, 0.4) is 0 Å². The highest BCUT2D eigenvalue weighted by Gasteiger charge is 2.45. The van der Waals surface area contributed by atoms with Crippen molar-refractivity contribution in [2.24, 2.45) is 5.92 Å². The number of carbonyl (C=O) groups is 2. The lowest BCUT2D eigenvalue weighted by molar-refractivity contribution is -0.144. The van der Waals surface area contributed by atoms with Crippen molar-refractivity contribution in [3.8, 4) is 0 Å². The van der Waals surface area contributed by atoms with Crippen LogP contribution in [0.25, 0.3) is 12.2 Å². The predicted molar refractivity (Wildman–Crippen MR) is 111 cm³/mol. The standard InChI is InChI=1S/C23H22ClNO3/c1-3-28-23(27)21-12-20(21)16-6-4-15-5-7-17-11-19(24)8-9-22(17)25(14(2)26)13-18(15)10-16/h4-11,20-21H,3,12-13H2,1-2H3. The lowest BCUT2D eigenvalue weighted by Crippen LogP contribution is -2.29. The predicted octanol–water partition coefficient (Wildman–Crippen LogP) is 5.04. The van der Waals surface area contributed by atoms with Gasteiger partial charge in [0.1, 0.15) is 0 Å². The van der Waals surface area contributed by atoms with E-state index in [0.29, 0.717) is 18.2 Å². The Hall–Kier alpha value is -2.59. The number of nitrogens with zero attached hydrogens (tertiary/aromatic N) is 1. The van der Waals surface area contributed by atoms with Crippen LogP contribution in [0, 0.1) is 5.92 Å². The van der Waals surface area contributed by atoms with E-state index in [1.807, 2.05) is 25.1 Å². The minimum absolute atomic E-state index is 0.0222. The molecule has 1 aliphatic carbocycles. The van der Waals surface area contributed by atoms with Crippen LogP contribution in [0.1, 0.15) is 48.4 Å². The zero-order valence-corrected chi connectivity index (χ0v) is 16.7. The Morgan fingerprint density at radius 3 is 2.68 bits per heavy atom. The molecule has 0 radical (unpaired) electrons. The molecule has 1 aliphatic heterocycles. The summed E-state index contributed by atoms with van der Waals surface area (Å²) in [6, 6.07) is 11.8. The summed E-state index contributed by atoms with van der Waals surface area (Å²) < 4.78 is 5.15. The number of hydrogen-bond acceptors (Lipinski definition) is 3. The average Bonchev–Trinajstić information content (AvgIpc) is 3.44. The number of anilines is 1. The molecule has 1 fully saturated rings. The quantitative estimate of drug-likeness (QED) is 0.683. The van der Waals surface area contributed by atoms with E-state index in [2.05, 4.69) is 24.3 Å². The number of fused-ring (bicyclic) bond motifs is 2. The molecule has 1 saturated carbocycles. The maximum Gasteiger partial charge on any atom is 0.309 e. The number of ether oxygens (including phenoxy) is 1. The smallest absolute Gasteiger partial charge is 0.309 e. The summed E-state index contributed by atoms with van der Waals surface area (Å²) in [5, 5.41) is 0.641. The summed E-state index contributed by atoms with van der Waals surface area (Å²) in [7, 11) is 0. The maximum absolute atomic E-state index is 12.4. The van der Waals surface area contributed by atoms with E-state index in [-0.39, 0.29) is 23.7 Å². The van der Waals surface area contributed by atoms with Crippen molar-refractivity contribution >= 4 is 41.3 Å². The number of carbonyl (C=O) groups excluding carboxylic acids is 2. The number of benzene rings is 2. The van der Waals surface area contributed by atoms with Gasteiger partial charge in [-0.1, -0.05) is 42.0 Å². The van der Waals surface area contributed by atoms with Crippen molar-refractivity contribution < 1.29 is 14.3 Å². The molecule has 2 aliphatic rings. The third-order valence-corrected chi connectivity index (χ3v) is 5.64. The van der Waals surface area contributed by atoms with E-state index in [1.165, 1.54) is 0 Å². The van der Waals surface area contributed by atoms with Gasteiger partial charge in [0, 0.05) is 11.9 Å². The Morgan fingerprint density at radius 1 is 1.14 bits per heavy atom. The summed E-state index contributed by atoms with van der Waals surface area (Å²) in [6.45, 7) is 4.29. The van der Waals surface area contributed by atoms with Gasteiger partial charge in [-0.3, -0.25) is 9.59 Å². The number of amides is 1. The highest BCUT2D eigenvalue weighted by atomic mass is 35.5. The molecule has 4 rings (SSSR count). The second kappa shape index (κ2) is 7.44. The summed E-state index contributed by atoms with van der Waals surface area (Å²) in [4.78, 5) is 26.1. The highest BCUT2D eigenvalue weighted by molar-refractivity contribution is 6.30. The molecule has 4 nitrogen and oxygen atoms in total. The van der Waals surface area contributed by atoms with Crippen LogP contribution in [-0.2, 0) is 20.9 Å². The van der Waals surface area contributed by atoms with Crippen LogP contribution < -0.4 is 4.90 Å². The summed E-state index contributed by atoms with van der Waals surface area (Å²) in [5.41, 5.74) is 5.03. The minimum Gasteiger partial charge on any atom is -0.466 e. The Morgan fingerprint density at radius 2 is 1.93 bits per heavy atom. The third-order valence-electron chi connectivity index (χ3n) is 5.41. The average molecular weight is 396 g/mol. The molecule has 5 heteroatoms. The van der Waals surface area contributed by atoms with E-state index in [1.54, 1.807) is 17.9 Å². The lowest BCUT2D eigenvalue weighted by atomic mass is 9.97. The SMILES string of the molecule is CCOC(=O)C1CC1c1ccc2c(c1)CN(C(C)=O)c1ccc(Cl)cc1C=C2. The molecule has 0 saturated heterocycles. The zero-order valence-electron chi connectivity index (χ0n) is 15.9. The number of halogens is 1. The monoisotopic (exact) mass is 395 g/mol. The molecular weight excluding hydrogens is 374 g/mol. The zero-order chi connectivity index (χ0) is 19.8. The first-order valence-corrected chi connectivity index (χ1v) is 9.91. The molecule has 0 aromatic heterocycles. The van der Waals surface area contributed by atoms with Crippen molar-refractivity contribution in [1.29, 1.82) is 0 Å². The van der Waals surface area contributed by atoms with Crippen molar-refractivity contribution in [1.82, 2.24) is 0 Å². The van der Waals surface area contributed by atoms with Crippen LogP contribution >= 0.6 is 11.6 Å². The second-order valence-corrected chi connectivity index (χ2v) is 7.74. The topological polar surface area (TPSA) is 46.6 Å². The summed E-state index contributed by atoms with van der Waals surface area (Å²) in [5.74, 6) is 0.0193. The van der Waals surface area contributed by atoms with Crippen LogP contribution in [0.15, 0.2) is 36.4 Å². The van der Waals surface area contributed by atoms with E-state index < -0.39 is 0 Å². The van der Waals surface area contributed by atoms with Gasteiger partial charge in [-0.05, 0) is 59.7 Å². The Bertz CT molecular complexity index is 982. The van der Waals surface area contributed by atoms with Gasteiger partial charge in [-0.25, -0.2) is 0 Å². The second-order valence-electron chi connectivity index (χ2n) is 7.30. The van der Waals surface area contributed by atoms with Gasteiger partial charge in [-0.15, -0.1) is 0 Å². The first-order chi connectivity index (χ1) is 13.5. The summed E-state index contributed by atoms with van der Waals surface area (Å²) in [6.07, 6.45) is 4.88. The maximum atomic E-state index is 12.4. The molecule has 28 heavy (non-hydrogen) atoms. The molecule has 2 aromatic rings. The van der Waals surface area contributed by atoms with E-state index in [4.69, 9.17) is 16.3 Å². The molecular formula is C23H22ClNO3. The molecule has 1 amide bonds. The lowest BCUT2D eigenvalue weighted by Gasteiger charge is -2.26. The fraction of sp³-hybridized carbons (Fsp3) is 0.304. The molecule has 1 heterocycles. The number of hydrogen-bond donors (Lipinski definition) is 0. The van der Waals surface area contributed by atoms with Gasteiger partial charge in [0.2, 0.25) is 5.91 Å². The van der Waals surface area contributed by atoms with Crippen molar-refractivity contribution in [2.75, 3.05) is 11.5 Å². The van der Waals surface area contributed by atoms with Crippen molar-refractivity contribution in [3.05, 3.63) is 63.7 Å². The minimum atomic E-state index is -0.115. The van der Waals surface area contributed by atoms with Crippen molar-refractivity contribution in [3.63, 3.8) is 0 Å². The van der Waals surface area contributed by atoms with Gasteiger partial charge < -0.3 is 9.64 Å². The third kappa shape index (κ3) is 3.57. The molecule has 144 valence electrons. The van der Waals surface area contributed by atoms with Crippen LogP contribution in [0.5, 0.6) is 0 Å². The van der Waals surface area contributed by atoms with Gasteiger partial charge in [0.25, 0.3) is 0 Å². The fourth-order valence-corrected chi connectivity index (χ4v) is 4.03. The molecule has 0 N–H and O–H groups in total. The number of rotatable bonds is 3. The van der Waals surface area contributed by atoms with E-state index in [9.17, 15) is 9.59 Å². The number of esters is 1. The van der Waals surface area contributed by atoms with Crippen LogP contribution in [-0.4, -0.2) is 18.5 Å². The Labute approximate surface area is 169 Å². The fourth-order valence-electron chi connectivity index (χ4n) is 3.85.